The van der Waals surface area contributed by atoms with Gasteiger partial charge in [0.2, 0.25) is 0 Å². The molecule has 0 aromatic heterocycles. The zero-order valence-electron chi connectivity index (χ0n) is 9.90. The molecule has 3 heteroatoms. The third kappa shape index (κ3) is 2.54. The fourth-order valence-corrected chi connectivity index (χ4v) is 1.96. The summed E-state index contributed by atoms with van der Waals surface area (Å²) in [4.78, 5) is 0. The van der Waals surface area contributed by atoms with Gasteiger partial charge in [0.1, 0.15) is 5.75 Å². The predicted octanol–water partition coefficient (Wildman–Crippen LogP) is 2.13. The number of methoxy groups -OCH3 is 1. The SMILES string of the molecule is CCC1CNCC(c2ccc(OC)cc2)O1. The van der Waals surface area contributed by atoms with E-state index in [9.17, 15) is 0 Å². The van der Waals surface area contributed by atoms with Gasteiger partial charge in [0.25, 0.3) is 0 Å². The molecule has 0 aliphatic carbocycles. The minimum atomic E-state index is 0.171. The third-order valence-electron chi connectivity index (χ3n) is 3.00. The second-order valence-corrected chi connectivity index (χ2v) is 4.09. The Hall–Kier alpha value is -1.06. The first-order chi connectivity index (χ1) is 7.83. The number of benzene rings is 1. The molecule has 1 heterocycles. The molecule has 0 saturated carbocycles. The van der Waals surface area contributed by atoms with Crippen LogP contribution in [0.25, 0.3) is 0 Å². The molecule has 1 aromatic rings. The summed E-state index contributed by atoms with van der Waals surface area (Å²) in [5, 5.41) is 3.41. The normalized spacial score (nSPS) is 25.4. The van der Waals surface area contributed by atoms with Gasteiger partial charge in [-0.3, -0.25) is 0 Å². The van der Waals surface area contributed by atoms with Crippen LogP contribution in [0.4, 0.5) is 0 Å². The van der Waals surface area contributed by atoms with Crippen molar-refractivity contribution < 1.29 is 9.47 Å². The number of morpholine rings is 1. The van der Waals surface area contributed by atoms with E-state index in [0.717, 1.165) is 25.3 Å². The van der Waals surface area contributed by atoms with Crippen LogP contribution in [0.2, 0.25) is 0 Å². The fraction of sp³-hybridized carbons (Fsp3) is 0.538. The van der Waals surface area contributed by atoms with Crippen LogP contribution in [0.15, 0.2) is 24.3 Å². The molecule has 1 saturated heterocycles. The van der Waals surface area contributed by atoms with Crippen molar-refractivity contribution in [3.8, 4) is 5.75 Å². The topological polar surface area (TPSA) is 30.5 Å². The number of nitrogens with one attached hydrogen (secondary N) is 1. The van der Waals surface area contributed by atoms with E-state index >= 15 is 0 Å². The van der Waals surface area contributed by atoms with Crippen molar-refractivity contribution in [2.75, 3.05) is 20.2 Å². The molecular formula is C13H19NO2. The average Bonchev–Trinajstić information content (AvgIpc) is 2.39. The van der Waals surface area contributed by atoms with E-state index < -0.39 is 0 Å². The maximum Gasteiger partial charge on any atom is 0.118 e. The molecule has 1 aliphatic heterocycles. The van der Waals surface area contributed by atoms with E-state index in [0.29, 0.717) is 6.10 Å². The van der Waals surface area contributed by atoms with Gasteiger partial charge < -0.3 is 14.8 Å². The molecule has 1 fully saturated rings. The Kier molecular flexibility index (Phi) is 3.80. The summed E-state index contributed by atoms with van der Waals surface area (Å²) >= 11 is 0. The van der Waals surface area contributed by atoms with Crippen molar-refractivity contribution >= 4 is 0 Å². The summed E-state index contributed by atoms with van der Waals surface area (Å²) in [6.07, 6.45) is 1.56. The van der Waals surface area contributed by atoms with Crippen LogP contribution >= 0.6 is 0 Å². The predicted molar refractivity (Wildman–Crippen MR) is 63.8 cm³/mol. The third-order valence-corrected chi connectivity index (χ3v) is 3.00. The first-order valence-electron chi connectivity index (χ1n) is 5.83. The largest absolute Gasteiger partial charge is 0.497 e. The van der Waals surface area contributed by atoms with Gasteiger partial charge in [-0.1, -0.05) is 19.1 Å². The second-order valence-electron chi connectivity index (χ2n) is 4.09. The van der Waals surface area contributed by atoms with Gasteiger partial charge in [-0.15, -0.1) is 0 Å². The van der Waals surface area contributed by atoms with Crippen molar-refractivity contribution in [1.82, 2.24) is 5.32 Å². The molecule has 1 N–H and O–H groups in total. The van der Waals surface area contributed by atoms with E-state index in [-0.39, 0.29) is 6.10 Å². The zero-order valence-corrected chi connectivity index (χ0v) is 9.90. The van der Waals surface area contributed by atoms with Crippen LogP contribution < -0.4 is 10.1 Å². The zero-order chi connectivity index (χ0) is 11.4. The summed E-state index contributed by atoms with van der Waals surface area (Å²) in [5.74, 6) is 0.888. The Morgan fingerprint density at radius 1 is 1.31 bits per heavy atom. The van der Waals surface area contributed by atoms with Gasteiger partial charge in [0.15, 0.2) is 0 Å². The highest BCUT2D eigenvalue weighted by atomic mass is 16.5. The minimum Gasteiger partial charge on any atom is -0.497 e. The summed E-state index contributed by atoms with van der Waals surface area (Å²) in [6.45, 7) is 4.01. The molecule has 3 nitrogen and oxygen atoms in total. The highest BCUT2D eigenvalue weighted by Gasteiger charge is 2.21. The standard InChI is InChI=1S/C13H19NO2/c1-3-11-8-14-9-13(16-11)10-4-6-12(15-2)7-5-10/h4-7,11,13-14H,3,8-9H2,1-2H3. The van der Waals surface area contributed by atoms with E-state index in [1.165, 1.54) is 5.56 Å². The van der Waals surface area contributed by atoms with Gasteiger partial charge in [-0.2, -0.15) is 0 Å². The summed E-state index contributed by atoms with van der Waals surface area (Å²) in [7, 11) is 1.68. The van der Waals surface area contributed by atoms with Crippen LogP contribution in [-0.2, 0) is 4.74 Å². The second kappa shape index (κ2) is 5.32. The van der Waals surface area contributed by atoms with Crippen LogP contribution in [0, 0.1) is 0 Å². The maximum atomic E-state index is 5.99. The molecular weight excluding hydrogens is 202 g/mol. The Bertz CT molecular complexity index is 323. The van der Waals surface area contributed by atoms with Crippen LogP contribution in [0.3, 0.4) is 0 Å². The first-order valence-corrected chi connectivity index (χ1v) is 5.83. The van der Waals surface area contributed by atoms with Gasteiger partial charge in [0, 0.05) is 13.1 Å². The fourth-order valence-electron chi connectivity index (χ4n) is 1.96. The first kappa shape index (κ1) is 11.4. The summed E-state index contributed by atoms with van der Waals surface area (Å²) in [5.41, 5.74) is 1.21. The molecule has 2 rings (SSSR count). The number of ether oxygens (including phenoxy) is 2. The molecule has 2 atom stereocenters. The lowest BCUT2D eigenvalue weighted by atomic mass is 10.1. The monoisotopic (exact) mass is 221 g/mol. The summed E-state index contributed by atoms with van der Waals surface area (Å²) in [6, 6.07) is 8.11. The number of hydrogen-bond acceptors (Lipinski definition) is 3. The van der Waals surface area contributed by atoms with Crippen molar-refractivity contribution in [2.24, 2.45) is 0 Å². The molecule has 88 valence electrons. The van der Waals surface area contributed by atoms with E-state index in [1.54, 1.807) is 7.11 Å². The van der Waals surface area contributed by atoms with E-state index in [4.69, 9.17) is 9.47 Å². The van der Waals surface area contributed by atoms with Crippen LogP contribution in [0.1, 0.15) is 25.0 Å². The Labute approximate surface area is 96.8 Å². The summed E-state index contributed by atoms with van der Waals surface area (Å²) < 4.78 is 11.1. The van der Waals surface area contributed by atoms with Gasteiger partial charge >= 0.3 is 0 Å². The molecule has 0 bridgehead atoms. The quantitative estimate of drug-likeness (QED) is 0.848. The smallest absolute Gasteiger partial charge is 0.118 e. The molecule has 0 amide bonds. The van der Waals surface area contributed by atoms with Gasteiger partial charge in [-0.25, -0.2) is 0 Å². The minimum absolute atomic E-state index is 0.171. The van der Waals surface area contributed by atoms with Crippen LogP contribution in [-0.4, -0.2) is 26.3 Å². The van der Waals surface area contributed by atoms with Crippen molar-refractivity contribution in [3.63, 3.8) is 0 Å². The lowest BCUT2D eigenvalue weighted by molar-refractivity contribution is -0.0399. The molecule has 0 radical (unpaired) electrons. The van der Waals surface area contributed by atoms with Crippen molar-refractivity contribution in [3.05, 3.63) is 29.8 Å². The highest BCUT2D eigenvalue weighted by molar-refractivity contribution is 5.28. The van der Waals surface area contributed by atoms with Crippen molar-refractivity contribution in [1.29, 1.82) is 0 Å². The van der Waals surface area contributed by atoms with Crippen molar-refractivity contribution in [2.45, 2.75) is 25.6 Å². The van der Waals surface area contributed by atoms with E-state index in [1.807, 2.05) is 12.1 Å². The Balaban J connectivity index is 2.05. The van der Waals surface area contributed by atoms with Gasteiger partial charge in [0.05, 0.1) is 19.3 Å². The number of hydrogen-bond donors (Lipinski definition) is 1. The maximum absolute atomic E-state index is 5.99. The Morgan fingerprint density at radius 2 is 2.06 bits per heavy atom. The van der Waals surface area contributed by atoms with Gasteiger partial charge in [-0.05, 0) is 24.1 Å². The Morgan fingerprint density at radius 3 is 2.69 bits per heavy atom. The average molecular weight is 221 g/mol. The van der Waals surface area contributed by atoms with E-state index in [2.05, 4.69) is 24.4 Å². The molecule has 0 spiro atoms. The molecule has 1 aliphatic rings. The lowest BCUT2D eigenvalue weighted by Crippen LogP contribution is -2.40. The molecule has 2 unspecified atom stereocenters. The number of rotatable bonds is 3. The highest BCUT2D eigenvalue weighted by Crippen LogP contribution is 2.24. The molecule has 16 heavy (non-hydrogen) atoms. The lowest BCUT2D eigenvalue weighted by Gasteiger charge is -2.30. The van der Waals surface area contributed by atoms with Crippen LogP contribution in [0.5, 0.6) is 5.75 Å². The molecule has 1 aromatic carbocycles.